The van der Waals surface area contributed by atoms with E-state index in [1.54, 1.807) is 0 Å². The van der Waals surface area contributed by atoms with Crippen LogP contribution in [0.25, 0.3) is 0 Å². The van der Waals surface area contributed by atoms with Gasteiger partial charge in [0.25, 0.3) is 0 Å². The Balaban J connectivity index is 1.68. The summed E-state index contributed by atoms with van der Waals surface area (Å²) in [5.41, 5.74) is 0.317. The second-order valence-electron chi connectivity index (χ2n) is 5.38. The van der Waals surface area contributed by atoms with Crippen molar-refractivity contribution in [2.24, 2.45) is 0 Å². The summed E-state index contributed by atoms with van der Waals surface area (Å²) >= 11 is 5.94. The van der Waals surface area contributed by atoms with Crippen molar-refractivity contribution in [1.29, 1.82) is 0 Å². The Morgan fingerprint density at radius 2 is 2.07 bits per heavy atom. The third-order valence-corrected chi connectivity index (χ3v) is 4.20. The summed E-state index contributed by atoms with van der Waals surface area (Å²) in [5, 5.41) is 0.326. The van der Waals surface area contributed by atoms with Crippen molar-refractivity contribution in [2.75, 3.05) is 0 Å². The van der Waals surface area contributed by atoms with Gasteiger partial charge in [0.1, 0.15) is 0 Å². The van der Waals surface area contributed by atoms with Crippen LogP contribution >= 0.6 is 11.6 Å². The smallest absolute Gasteiger partial charge is 0.0687 e. The van der Waals surface area contributed by atoms with Crippen LogP contribution in [0.2, 0.25) is 0 Å². The molecule has 1 saturated heterocycles. The fourth-order valence-electron chi connectivity index (χ4n) is 3.11. The molecule has 0 N–H and O–H groups in total. The van der Waals surface area contributed by atoms with Crippen LogP contribution in [0.4, 0.5) is 0 Å². The number of alkyl halides is 1. The summed E-state index contributed by atoms with van der Waals surface area (Å²) in [6, 6.07) is 0. The second-order valence-corrected chi connectivity index (χ2v) is 6.13. The first-order valence-electron chi connectivity index (χ1n) is 6.52. The predicted molar refractivity (Wildman–Crippen MR) is 64.5 cm³/mol. The minimum atomic E-state index is 0.317. The molecule has 1 aliphatic heterocycles. The van der Waals surface area contributed by atoms with Crippen LogP contribution < -0.4 is 0 Å². The van der Waals surface area contributed by atoms with E-state index >= 15 is 0 Å². The van der Waals surface area contributed by atoms with Gasteiger partial charge in [0, 0.05) is 5.38 Å². The maximum atomic E-state index is 6.25. The maximum absolute atomic E-state index is 6.25. The summed E-state index contributed by atoms with van der Waals surface area (Å²) in [6.45, 7) is 2.08. The van der Waals surface area contributed by atoms with E-state index < -0.39 is 0 Å². The zero-order valence-corrected chi connectivity index (χ0v) is 10.6. The summed E-state index contributed by atoms with van der Waals surface area (Å²) in [6.07, 6.45) is 12.1. The molecule has 0 radical (unpaired) electrons. The quantitative estimate of drug-likeness (QED) is 0.656. The van der Waals surface area contributed by atoms with E-state index in [-0.39, 0.29) is 0 Å². The average Bonchev–Trinajstić information content (AvgIpc) is 2.78. The molecule has 1 saturated carbocycles. The van der Waals surface area contributed by atoms with Crippen LogP contribution in [0.3, 0.4) is 0 Å². The van der Waals surface area contributed by atoms with Crippen LogP contribution in [0.1, 0.15) is 64.7 Å². The number of rotatable bonds is 4. The van der Waals surface area contributed by atoms with Crippen molar-refractivity contribution in [3.8, 4) is 0 Å². The Labute approximate surface area is 98.5 Å². The topological polar surface area (TPSA) is 9.23 Å². The lowest BCUT2D eigenvalue weighted by atomic mass is 9.98. The summed E-state index contributed by atoms with van der Waals surface area (Å²) in [4.78, 5) is 0. The number of ether oxygens (including phenoxy) is 1. The molecule has 2 unspecified atom stereocenters. The highest BCUT2D eigenvalue weighted by molar-refractivity contribution is 6.20. The van der Waals surface area contributed by atoms with Crippen molar-refractivity contribution < 1.29 is 4.74 Å². The lowest BCUT2D eigenvalue weighted by molar-refractivity contribution is -0.0394. The van der Waals surface area contributed by atoms with Gasteiger partial charge in [-0.05, 0) is 51.9 Å². The molecule has 15 heavy (non-hydrogen) atoms. The van der Waals surface area contributed by atoms with Crippen molar-refractivity contribution in [2.45, 2.75) is 81.8 Å². The van der Waals surface area contributed by atoms with Crippen LogP contribution in [0.15, 0.2) is 0 Å². The zero-order chi connectivity index (χ0) is 10.7. The molecule has 0 aromatic carbocycles. The third kappa shape index (κ3) is 3.10. The summed E-state index contributed by atoms with van der Waals surface area (Å²) in [5.74, 6) is 0. The molecule has 1 heterocycles. The first-order valence-corrected chi connectivity index (χ1v) is 6.96. The Morgan fingerprint density at radius 1 is 1.33 bits per heavy atom. The van der Waals surface area contributed by atoms with E-state index in [9.17, 15) is 0 Å². The zero-order valence-electron chi connectivity index (χ0n) is 9.80. The molecular weight excluding hydrogens is 208 g/mol. The molecule has 0 aromatic rings. The minimum absolute atomic E-state index is 0.317. The van der Waals surface area contributed by atoms with E-state index in [1.165, 1.54) is 51.4 Å². The van der Waals surface area contributed by atoms with Crippen LogP contribution in [0.5, 0.6) is 0 Å². The Bertz CT molecular complexity index is 197. The highest BCUT2D eigenvalue weighted by atomic mass is 35.5. The molecule has 1 aliphatic carbocycles. The maximum Gasteiger partial charge on any atom is 0.0687 e. The molecule has 2 atom stereocenters. The lowest BCUT2D eigenvalue weighted by Gasteiger charge is -2.23. The van der Waals surface area contributed by atoms with Crippen molar-refractivity contribution in [3.63, 3.8) is 0 Å². The van der Waals surface area contributed by atoms with Gasteiger partial charge >= 0.3 is 0 Å². The van der Waals surface area contributed by atoms with Crippen LogP contribution in [-0.4, -0.2) is 17.1 Å². The highest BCUT2D eigenvalue weighted by Gasteiger charge is 2.41. The molecule has 0 aromatic heterocycles. The standard InChI is InChI=1S/C13H23ClO/c1-11(14)5-4-6-12-7-10-13(15-12)8-2-3-9-13/h11-12H,2-10H2,1H3. The minimum Gasteiger partial charge on any atom is -0.372 e. The molecule has 2 fully saturated rings. The van der Waals surface area contributed by atoms with Gasteiger partial charge < -0.3 is 4.74 Å². The molecule has 88 valence electrons. The van der Waals surface area contributed by atoms with Gasteiger partial charge in [0.2, 0.25) is 0 Å². The van der Waals surface area contributed by atoms with E-state index in [0.717, 1.165) is 6.42 Å². The van der Waals surface area contributed by atoms with Gasteiger partial charge in [0.05, 0.1) is 11.7 Å². The van der Waals surface area contributed by atoms with Gasteiger partial charge in [-0.3, -0.25) is 0 Å². The molecule has 2 aliphatic rings. The summed E-state index contributed by atoms with van der Waals surface area (Å²) in [7, 11) is 0. The molecule has 1 nitrogen and oxygen atoms in total. The first-order chi connectivity index (χ1) is 7.20. The SMILES string of the molecule is CC(Cl)CCCC1CCC2(CCCC2)O1. The molecule has 0 bridgehead atoms. The molecular formula is C13H23ClO. The number of hydrogen-bond donors (Lipinski definition) is 0. The van der Waals surface area contributed by atoms with E-state index in [1.807, 2.05) is 0 Å². The van der Waals surface area contributed by atoms with Gasteiger partial charge in [-0.25, -0.2) is 0 Å². The number of halogens is 1. The fourth-order valence-corrected chi connectivity index (χ4v) is 3.27. The predicted octanol–water partition coefficient (Wildman–Crippen LogP) is 4.28. The summed E-state index contributed by atoms with van der Waals surface area (Å²) < 4.78 is 6.25. The van der Waals surface area contributed by atoms with Crippen molar-refractivity contribution >= 4 is 11.6 Å². The van der Waals surface area contributed by atoms with E-state index in [4.69, 9.17) is 16.3 Å². The first kappa shape index (κ1) is 11.7. The van der Waals surface area contributed by atoms with Gasteiger partial charge in [-0.15, -0.1) is 11.6 Å². The average molecular weight is 231 g/mol. The van der Waals surface area contributed by atoms with E-state index in [0.29, 0.717) is 17.1 Å². The van der Waals surface area contributed by atoms with Crippen LogP contribution in [0, 0.1) is 0 Å². The molecule has 2 heteroatoms. The monoisotopic (exact) mass is 230 g/mol. The Morgan fingerprint density at radius 3 is 2.73 bits per heavy atom. The lowest BCUT2D eigenvalue weighted by Crippen LogP contribution is -2.24. The molecule has 2 rings (SSSR count). The second kappa shape index (κ2) is 5.05. The third-order valence-electron chi connectivity index (χ3n) is 3.98. The largest absolute Gasteiger partial charge is 0.372 e. The van der Waals surface area contributed by atoms with Crippen molar-refractivity contribution in [3.05, 3.63) is 0 Å². The Hall–Kier alpha value is 0.250. The molecule has 0 amide bonds. The molecule has 1 spiro atoms. The Kier molecular flexibility index (Phi) is 3.95. The number of hydrogen-bond acceptors (Lipinski definition) is 1. The highest BCUT2D eigenvalue weighted by Crippen LogP contribution is 2.44. The van der Waals surface area contributed by atoms with Crippen molar-refractivity contribution in [1.82, 2.24) is 0 Å². The normalized spacial score (nSPS) is 31.2. The van der Waals surface area contributed by atoms with Gasteiger partial charge in [0.15, 0.2) is 0 Å². The fraction of sp³-hybridized carbons (Fsp3) is 1.00. The van der Waals surface area contributed by atoms with E-state index in [2.05, 4.69) is 6.92 Å². The van der Waals surface area contributed by atoms with Gasteiger partial charge in [-0.1, -0.05) is 12.8 Å². The van der Waals surface area contributed by atoms with Crippen LogP contribution in [-0.2, 0) is 4.74 Å². The van der Waals surface area contributed by atoms with Gasteiger partial charge in [-0.2, -0.15) is 0 Å².